The van der Waals surface area contributed by atoms with Crippen LogP contribution < -0.4 is 5.32 Å². The molecule has 4 rings (SSSR count). The van der Waals surface area contributed by atoms with E-state index in [0.29, 0.717) is 17.3 Å². The van der Waals surface area contributed by atoms with E-state index in [-0.39, 0.29) is 34.1 Å². The molecule has 3 aromatic rings. The number of H-pyrrole nitrogens is 1. The van der Waals surface area contributed by atoms with Gasteiger partial charge in [0, 0.05) is 17.3 Å². The Morgan fingerprint density at radius 2 is 1.86 bits per heavy atom. The largest absolute Gasteiger partial charge is 0.476 e. The molecule has 1 saturated carbocycles. The van der Waals surface area contributed by atoms with Crippen molar-refractivity contribution in [1.82, 2.24) is 25.3 Å². The number of imidazole rings is 1. The van der Waals surface area contributed by atoms with E-state index in [2.05, 4.69) is 32.2 Å². The van der Waals surface area contributed by atoms with E-state index in [1.54, 1.807) is 33.8 Å². The second-order valence-electron chi connectivity index (χ2n) is 10.6. The molecule has 0 bridgehead atoms. The third kappa shape index (κ3) is 5.47. The topological polar surface area (TPSA) is 130 Å². The molecule has 1 amide bonds. The van der Waals surface area contributed by atoms with E-state index in [9.17, 15) is 14.7 Å². The maximum Gasteiger partial charge on any atom is 0.408 e. The van der Waals surface area contributed by atoms with Gasteiger partial charge < -0.3 is 20.1 Å². The van der Waals surface area contributed by atoms with Crippen molar-refractivity contribution in [1.29, 1.82) is 0 Å². The minimum Gasteiger partial charge on any atom is -0.476 e. The lowest BCUT2D eigenvalue weighted by Gasteiger charge is -2.32. The molecule has 0 spiro atoms. The van der Waals surface area contributed by atoms with Gasteiger partial charge in [-0.25, -0.2) is 28.9 Å². The fraction of sp³-hybridized carbons (Fsp3) is 0.500. The Balaban J connectivity index is 1.74. The highest BCUT2D eigenvalue weighted by Gasteiger charge is 2.32. The minimum atomic E-state index is -1.27. The Labute approximate surface area is 208 Å². The molecule has 1 aliphatic rings. The number of carboxylic acid groups (broad SMARTS) is 1. The number of amides is 1. The van der Waals surface area contributed by atoms with Gasteiger partial charge in [0.2, 0.25) is 0 Å². The van der Waals surface area contributed by atoms with Crippen LogP contribution in [0.25, 0.3) is 22.2 Å². The number of fused-ring (bicyclic) bond motifs is 1. The maximum absolute atomic E-state index is 15.7. The van der Waals surface area contributed by atoms with Gasteiger partial charge in [-0.15, -0.1) is 0 Å². The Hall–Kier alpha value is -3.56. The van der Waals surface area contributed by atoms with Crippen molar-refractivity contribution in [2.45, 2.75) is 71.9 Å². The molecule has 192 valence electrons. The average molecular weight is 498 g/mol. The summed E-state index contributed by atoms with van der Waals surface area (Å²) in [6.45, 7) is 9.16. The number of carbonyl (C=O) groups excluding carboxylic acids is 1. The van der Waals surface area contributed by atoms with Crippen LogP contribution >= 0.6 is 0 Å². The van der Waals surface area contributed by atoms with Crippen molar-refractivity contribution in [3.05, 3.63) is 41.5 Å². The van der Waals surface area contributed by atoms with Crippen molar-refractivity contribution in [2.75, 3.05) is 0 Å². The van der Waals surface area contributed by atoms with Crippen LogP contribution in [0, 0.1) is 24.6 Å². The third-order valence-electron chi connectivity index (χ3n) is 6.51. The van der Waals surface area contributed by atoms with Crippen LogP contribution in [-0.2, 0) is 4.74 Å². The lowest BCUT2D eigenvalue weighted by molar-refractivity contribution is 0.0468. The standard InChI is InChI=1S/C26H32FN5O4/c1-13-6-8-15(9-7-13)20(32-25(35)36-26(3,4)5)23-30-18-11-10-16(19(27)22(18)31-23)17-12-28-14(2)29-21(17)24(33)34/h10-13,15,20H,6-9H2,1-5H3,(H,30,31)(H,32,35)(H,33,34)/t13?,15?,20-/m0/s1. The first-order chi connectivity index (χ1) is 16.9. The highest BCUT2D eigenvalue weighted by molar-refractivity contribution is 5.95. The molecule has 0 radical (unpaired) electrons. The number of carboxylic acids is 1. The lowest BCUT2D eigenvalue weighted by atomic mass is 9.79. The van der Waals surface area contributed by atoms with Gasteiger partial charge >= 0.3 is 12.1 Å². The zero-order valence-electron chi connectivity index (χ0n) is 21.2. The molecular formula is C26H32FN5O4. The van der Waals surface area contributed by atoms with E-state index in [1.807, 2.05) is 0 Å². The Morgan fingerprint density at radius 1 is 1.17 bits per heavy atom. The number of carbonyl (C=O) groups is 2. The molecule has 10 heteroatoms. The summed E-state index contributed by atoms with van der Waals surface area (Å²) < 4.78 is 21.2. The summed E-state index contributed by atoms with van der Waals surface area (Å²) in [5.74, 6) is -0.521. The second kappa shape index (κ2) is 9.83. The molecule has 1 fully saturated rings. The SMILES string of the molecule is Cc1ncc(-c2ccc3[nH]c([C@@H](NC(=O)OC(C)(C)C)C4CCC(C)CC4)nc3c2F)c(C(=O)O)n1. The number of aryl methyl sites for hydroxylation is 1. The molecule has 36 heavy (non-hydrogen) atoms. The monoisotopic (exact) mass is 497 g/mol. The zero-order chi connectivity index (χ0) is 26.2. The highest BCUT2D eigenvalue weighted by Crippen LogP contribution is 2.37. The van der Waals surface area contributed by atoms with Gasteiger partial charge in [0.1, 0.15) is 22.8 Å². The van der Waals surface area contributed by atoms with E-state index < -0.39 is 29.5 Å². The third-order valence-corrected chi connectivity index (χ3v) is 6.51. The van der Waals surface area contributed by atoms with E-state index in [4.69, 9.17) is 4.74 Å². The van der Waals surface area contributed by atoms with Gasteiger partial charge in [0.15, 0.2) is 11.5 Å². The van der Waals surface area contributed by atoms with Crippen molar-refractivity contribution in [3.63, 3.8) is 0 Å². The molecule has 1 aliphatic carbocycles. The van der Waals surface area contributed by atoms with Crippen molar-refractivity contribution < 1.29 is 23.8 Å². The normalized spacial score (nSPS) is 19.2. The molecule has 9 nitrogen and oxygen atoms in total. The molecule has 2 heterocycles. The molecule has 1 aromatic carbocycles. The quantitative estimate of drug-likeness (QED) is 0.421. The van der Waals surface area contributed by atoms with Gasteiger partial charge in [-0.2, -0.15) is 0 Å². The number of hydrogen-bond donors (Lipinski definition) is 3. The van der Waals surface area contributed by atoms with Gasteiger partial charge in [0.25, 0.3) is 0 Å². The predicted molar refractivity (Wildman–Crippen MR) is 132 cm³/mol. The Bertz CT molecular complexity index is 1290. The summed E-state index contributed by atoms with van der Waals surface area (Å²) in [6, 6.07) is 2.64. The van der Waals surface area contributed by atoms with Crippen molar-refractivity contribution in [3.8, 4) is 11.1 Å². The van der Waals surface area contributed by atoms with Crippen LogP contribution in [0.2, 0.25) is 0 Å². The van der Waals surface area contributed by atoms with Crippen LogP contribution in [-0.4, -0.2) is 42.7 Å². The first kappa shape index (κ1) is 25.5. The maximum atomic E-state index is 15.7. The van der Waals surface area contributed by atoms with Gasteiger partial charge in [-0.05, 0) is 64.5 Å². The van der Waals surface area contributed by atoms with E-state index >= 15 is 4.39 Å². The Morgan fingerprint density at radius 3 is 2.50 bits per heavy atom. The number of nitrogens with zero attached hydrogens (tertiary/aromatic N) is 3. The van der Waals surface area contributed by atoms with Gasteiger partial charge in [-0.1, -0.05) is 19.8 Å². The first-order valence-electron chi connectivity index (χ1n) is 12.2. The summed E-state index contributed by atoms with van der Waals surface area (Å²) >= 11 is 0. The van der Waals surface area contributed by atoms with Crippen LogP contribution in [0.15, 0.2) is 18.3 Å². The summed E-state index contributed by atoms with van der Waals surface area (Å²) in [6.07, 6.45) is 4.60. The Kier molecular flexibility index (Phi) is 6.97. The molecular weight excluding hydrogens is 465 g/mol. The summed E-state index contributed by atoms with van der Waals surface area (Å²) in [5.41, 5.74) is -0.334. The summed E-state index contributed by atoms with van der Waals surface area (Å²) in [7, 11) is 0. The number of hydrogen-bond acceptors (Lipinski definition) is 6. The average Bonchev–Trinajstić information content (AvgIpc) is 3.22. The number of aromatic nitrogens is 4. The van der Waals surface area contributed by atoms with Crippen molar-refractivity contribution >= 4 is 23.1 Å². The molecule has 3 N–H and O–H groups in total. The molecule has 0 aliphatic heterocycles. The summed E-state index contributed by atoms with van der Waals surface area (Å²) in [4.78, 5) is 40.1. The number of halogens is 1. The predicted octanol–water partition coefficient (Wildman–Crippen LogP) is 5.56. The van der Waals surface area contributed by atoms with E-state index in [1.165, 1.54) is 12.3 Å². The zero-order valence-corrected chi connectivity index (χ0v) is 21.2. The number of aromatic amines is 1. The van der Waals surface area contributed by atoms with Crippen LogP contribution in [0.4, 0.5) is 9.18 Å². The number of ether oxygens (including phenoxy) is 1. The molecule has 0 saturated heterocycles. The smallest absolute Gasteiger partial charge is 0.408 e. The number of benzene rings is 1. The highest BCUT2D eigenvalue weighted by atomic mass is 19.1. The van der Waals surface area contributed by atoms with Crippen LogP contribution in [0.3, 0.4) is 0 Å². The second-order valence-corrected chi connectivity index (χ2v) is 10.6. The summed E-state index contributed by atoms with van der Waals surface area (Å²) in [5, 5.41) is 12.5. The van der Waals surface area contributed by atoms with Crippen molar-refractivity contribution in [2.24, 2.45) is 11.8 Å². The lowest BCUT2D eigenvalue weighted by Crippen LogP contribution is -2.39. The van der Waals surface area contributed by atoms with Crippen LogP contribution in [0.5, 0.6) is 0 Å². The first-order valence-corrected chi connectivity index (χ1v) is 12.2. The molecule has 0 unspecified atom stereocenters. The number of rotatable bonds is 5. The molecule has 1 atom stereocenters. The van der Waals surface area contributed by atoms with Gasteiger partial charge in [-0.3, -0.25) is 0 Å². The minimum absolute atomic E-state index is 0.0427. The van der Waals surface area contributed by atoms with Gasteiger partial charge in [0.05, 0.1) is 11.6 Å². The number of nitrogens with one attached hydrogen (secondary N) is 2. The number of alkyl carbamates (subject to hydrolysis) is 1. The van der Waals surface area contributed by atoms with Crippen LogP contribution in [0.1, 0.15) is 81.6 Å². The number of aromatic carboxylic acids is 1. The fourth-order valence-corrected chi connectivity index (χ4v) is 4.71. The molecule has 2 aromatic heterocycles. The van der Waals surface area contributed by atoms with E-state index in [0.717, 1.165) is 25.7 Å². The fourth-order valence-electron chi connectivity index (χ4n) is 4.71.